The van der Waals surface area contributed by atoms with E-state index in [4.69, 9.17) is 9.47 Å². The largest absolute Gasteiger partial charge is 0.493 e. The van der Waals surface area contributed by atoms with Gasteiger partial charge in [0.25, 0.3) is 0 Å². The van der Waals surface area contributed by atoms with E-state index in [1.165, 1.54) is 4.88 Å². The van der Waals surface area contributed by atoms with Crippen LogP contribution >= 0.6 is 51.2 Å². The lowest BCUT2D eigenvalue weighted by molar-refractivity contribution is 0.354. The Kier molecular flexibility index (Phi) is 9.45. The number of guanidine groups is 1. The molecule has 0 aliphatic carbocycles. The van der Waals surface area contributed by atoms with Crippen molar-refractivity contribution in [1.82, 2.24) is 10.6 Å². The molecule has 1 heterocycles. The average molecular weight is 526 g/mol. The van der Waals surface area contributed by atoms with E-state index in [0.29, 0.717) is 6.54 Å². The van der Waals surface area contributed by atoms with Crippen molar-refractivity contribution in [3.05, 3.63) is 44.6 Å². The summed E-state index contributed by atoms with van der Waals surface area (Å²) in [5, 5.41) is 6.58. The number of rotatable bonds is 6. The highest BCUT2D eigenvalue weighted by atomic mass is 127. The zero-order valence-electron chi connectivity index (χ0n) is 13.8. The summed E-state index contributed by atoms with van der Waals surface area (Å²) < 4.78 is 11.7. The van der Waals surface area contributed by atoms with E-state index in [-0.39, 0.29) is 24.0 Å². The Balaban J connectivity index is 0.00000288. The van der Waals surface area contributed by atoms with Crippen molar-refractivity contribution < 1.29 is 9.47 Å². The molecule has 0 amide bonds. The highest BCUT2D eigenvalue weighted by molar-refractivity contribution is 14.0. The van der Waals surface area contributed by atoms with E-state index < -0.39 is 0 Å². The number of hydrogen-bond donors (Lipinski definition) is 2. The highest BCUT2D eigenvalue weighted by Crippen LogP contribution is 2.27. The second-order valence-corrected chi connectivity index (χ2v) is 7.22. The van der Waals surface area contributed by atoms with Gasteiger partial charge in [-0.25, -0.2) is 0 Å². The number of thiophene rings is 1. The third-order valence-corrected chi connectivity index (χ3v) is 4.81. The molecule has 0 atom stereocenters. The lowest BCUT2D eigenvalue weighted by Gasteiger charge is -2.13. The predicted octanol–water partition coefficient (Wildman–Crippen LogP) is 4.01. The molecular formula is C16H21BrIN3O2S. The van der Waals surface area contributed by atoms with Crippen LogP contribution in [0.15, 0.2) is 39.1 Å². The summed E-state index contributed by atoms with van der Waals surface area (Å²) in [7, 11) is 5.02. The molecule has 1 aromatic carbocycles. The number of nitrogens with zero attached hydrogens (tertiary/aromatic N) is 1. The number of hydrogen-bond acceptors (Lipinski definition) is 4. The molecule has 0 fully saturated rings. The lowest BCUT2D eigenvalue weighted by atomic mass is 10.2. The van der Waals surface area contributed by atoms with Crippen LogP contribution in [0.3, 0.4) is 0 Å². The molecular weight excluding hydrogens is 505 g/mol. The Labute approximate surface area is 172 Å². The lowest BCUT2D eigenvalue weighted by Crippen LogP contribution is -2.36. The number of methoxy groups -OCH3 is 2. The summed E-state index contributed by atoms with van der Waals surface area (Å²) in [5.41, 5.74) is 1.09. The number of benzene rings is 1. The molecule has 0 aliphatic rings. The molecule has 0 saturated carbocycles. The molecule has 0 bridgehead atoms. The molecule has 8 heteroatoms. The first-order chi connectivity index (χ1) is 11.2. The second kappa shape index (κ2) is 10.8. The van der Waals surface area contributed by atoms with Crippen LogP contribution in [-0.2, 0) is 13.1 Å². The van der Waals surface area contributed by atoms with Crippen LogP contribution in [0.5, 0.6) is 11.5 Å². The molecule has 132 valence electrons. The quantitative estimate of drug-likeness (QED) is 0.340. The van der Waals surface area contributed by atoms with Gasteiger partial charge in [0.05, 0.1) is 24.6 Å². The fourth-order valence-electron chi connectivity index (χ4n) is 2.01. The van der Waals surface area contributed by atoms with Crippen LogP contribution in [0.1, 0.15) is 10.4 Å². The van der Waals surface area contributed by atoms with Gasteiger partial charge in [0, 0.05) is 18.5 Å². The van der Waals surface area contributed by atoms with Crippen LogP contribution in [0.4, 0.5) is 0 Å². The van der Waals surface area contributed by atoms with E-state index in [1.807, 2.05) is 24.3 Å². The van der Waals surface area contributed by atoms with Crippen molar-refractivity contribution in [2.45, 2.75) is 13.1 Å². The summed E-state index contributed by atoms with van der Waals surface area (Å²) >= 11 is 5.17. The van der Waals surface area contributed by atoms with Crippen LogP contribution < -0.4 is 20.1 Å². The SMILES string of the molecule is CN=C(NCc1ccc(OC)c(OC)c1)NCc1ccc(Br)s1.I. The van der Waals surface area contributed by atoms with E-state index in [0.717, 1.165) is 33.4 Å². The third-order valence-electron chi connectivity index (χ3n) is 3.19. The number of nitrogens with one attached hydrogen (secondary N) is 2. The topological polar surface area (TPSA) is 54.9 Å². The van der Waals surface area contributed by atoms with Crippen molar-refractivity contribution in [2.75, 3.05) is 21.3 Å². The van der Waals surface area contributed by atoms with Gasteiger partial charge in [0.15, 0.2) is 17.5 Å². The van der Waals surface area contributed by atoms with E-state index in [9.17, 15) is 0 Å². The molecule has 2 aromatic rings. The van der Waals surface area contributed by atoms with E-state index in [2.05, 4.69) is 37.6 Å². The molecule has 24 heavy (non-hydrogen) atoms. The van der Waals surface area contributed by atoms with Gasteiger partial charge in [-0.3, -0.25) is 4.99 Å². The predicted molar refractivity (Wildman–Crippen MR) is 114 cm³/mol. The monoisotopic (exact) mass is 525 g/mol. The highest BCUT2D eigenvalue weighted by Gasteiger charge is 2.05. The summed E-state index contributed by atoms with van der Waals surface area (Å²) in [5.74, 6) is 2.20. The van der Waals surface area contributed by atoms with E-state index in [1.54, 1.807) is 32.6 Å². The van der Waals surface area contributed by atoms with Crippen LogP contribution in [0.2, 0.25) is 0 Å². The number of ether oxygens (including phenoxy) is 2. The maximum absolute atomic E-state index is 5.32. The first-order valence-electron chi connectivity index (χ1n) is 7.06. The van der Waals surface area contributed by atoms with Crippen molar-refractivity contribution in [1.29, 1.82) is 0 Å². The number of aliphatic imine (C=N–C) groups is 1. The standard InChI is InChI=1S/C16H20BrN3O2S.HI/c1-18-16(20-10-12-5-7-15(17)23-12)19-9-11-4-6-13(21-2)14(8-11)22-3;/h4-8H,9-10H2,1-3H3,(H2,18,19,20);1H. The Morgan fingerprint density at radius 1 is 1.08 bits per heavy atom. The first kappa shape index (κ1) is 21.0. The molecule has 0 spiro atoms. The Bertz CT molecular complexity index is 679. The Morgan fingerprint density at radius 3 is 2.38 bits per heavy atom. The van der Waals surface area contributed by atoms with Gasteiger partial charge >= 0.3 is 0 Å². The smallest absolute Gasteiger partial charge is 0.191 e. The van der Waals surface area contributed by atoms with E-state index >= 15 is 0 Å². The van der Waals surface area contributed by atoms with Gasteiger partial charge in [-0.2, -0.15) is 0 Å². The normalized spacial score (nSPS) is 10.8. The molecule has 2 N–H and O–H groups in total. The van der Waals surface area contributed by atoms with Crippen LogP contribution in [-0.4, -0.2) is 27.2 Å². The minimum Gasteiger partial charge on any atom is -0.493 e. The van der Waals surface area contributed by atoms with Gasteiger partial charge in [-0.1, -0.05) is 6.07 Å². The van der Waals surface area contributed by atoms with Crippen molar-refractivity contribution in [2.24, 2.45) is 4.99 Å². The molecule has 1 aromatic heterocycles. The fourth-order valence-corrected chi connectivity index (χ4v) is 3.44. The molecule has 2 rings (SSSR count). The minimum atomic E-state index is 0. The zero-order valence-corrected chi connectivity index (χ0v) is 18.5. The average Bonchev–Trinajstić information content (AvgIpc) is 3.00. The zero-order chi connectivity index (χ0) is 16.7. The van der Waals surface area contributed by atoms with Gasteiger partial charge in [-0.05, 0) is 45.8 Å². The molecule has 0 aliphatic heterocycles. The Hall–Kier alpha value is -1.000. The van der Waals surface area contributed by atoms with Crippen LogP contribution in [0.25, 0.3) is 0 Å². The maximum Gasteiger partial charge on any atom is 0.191 e. The van der Waals surface area contributed by atoms with Crippen LogP contribution in [0, 0.1) is 0 Å². The number of halogens is 2. The molecule has 0 saturated heterocycles. The first-order valence-corrected chi connectivity index (χ1v) is 8.67. The van der Waals surface area contributed by atoms with Crippen molar-refractivity contribution in [3.8, 4) is 11.5 Å². The van der Waals surface area contributed by atoms with Crippen molar-refractivity contribution >= 4 is 57.2 Å². The summed E-state index contributed by atoms with van der Waals surface area (Å²) in [4.78, 5) is 5.47. The molecule has 5 nitrogen and oxygen atoms in total. The van der Waals surface area contributed by atoms with Gasteiger partial charge in [0.1, 0.15) is 0 Å². The Morgan fingerprint density at radius 2 is 1.79 bits per heavy atom. The van der Waals surface area contributed by atoms with Gasteiger partial charge in [-0.15, -0.1) is 35.3 Å². The maximum atomic E-state index is 5.32. The summed E-state index contributed by atoms with van der Waals surface area (Å²) in [6.07, 6.45) is 0. The van der Waals surface area contributed by atoms with Crippen molar-refractivity contribution in [3.63, 3.8) is 0 Å². The second-order valence-electron chi connectivity index (χ2n) is 4.67. The van der Waals surface area contributed by atoms with Gasteiger partial charge in [0.2, 0.25) is 0 Å². The summed E-state index contributed by atoms with van der Waals surface area (Å²) in [6.45, 7) is 1.38. The fraction of sp³-hybridized carbons (Fsp3) is 0.312. The third kappa shape index (κ3) is 6.14. The minimum absolute atomic E-state index is 0. The molecule has 0 radical (unpaired) electrons. The van der Waals surface area contributed by atoms with Gasteiger partial charge < -0.3 is 20.1 Å². The molecule has 0 unspecified atom stereocenters. The summed E-state index contributed by atoms with van der Waals surface area (Å²) in [6, 6.07) is 9.98.